The van der Waals surface area contributed by atoms with Crippen LogP contribution in [0.1, 0.15) is 52.0 Å². The smallest absolute Gasteiger partial charge is 0.407 e. The van der Waals surface area contributed by atoms with E-state index in [1.165, 1.54) is 0 Å². The zero-order chi connectivity index (χ0) is 52.7. The van der Waals surface area contributed by atoms with Crippen molar-refractivity contribution in [1.82, 2.24) is 26.7 Å². The van der Waals surface area contributed by atoms with E-state index in [9.17, 15) is 24.0 Å². The standard InChI is InChI=1S/C46H82N10O16/c1-4-13-62-15-17-64-19-21-66-23-25-68-27-29-70-30-28-69-26-24-67-22-20-65-18-16-63-14-12-52-56-39(32-47)33-51-46(61)71-34-37-7-9-38(10-8-37)53-43(58)40(6-5-11-50-45(48)60)55-44(59)41(31-36(2)3)54-42(57)35-72-49/h7-10,32,36,40-41,47,52H,4-6,11-31,33-35,49H2,1-3H3,(H,51,61)(H,53,58)(H,54,57)(H,55,59)(H3,48,50,60)/t40-,41-/m0/s1. The Morgan fingerprint density at radius 1 is 0.653 bits per heavy atom. The molecule has 72 heavy (non-hydrogen) atoms. The molecular weight excluding hydrogens is 949 g/mol. The highest BCUT2D eigenvalue weighted by molar-refractivity contribution is 6.30. The van der Waals surface area contributed by atoms with Crippen LogP contribution in [0, 0.1) is 11.3 Å². The molecule has 0 unspecified atom stereocenters. The summed E-state index contributed by atoms with van der Waals surface area (Å²) in [7, 11) is 0. The third kappa shape index (κ3) is 38.5. The van der Waals surface area contributed by atoms with Crippen LogP contribution in [0.25, 0.3) is 0 Å². The number of primary amides is 1. The van der Waals surface area contributed by atoms with Crippen molar-refractivity contribution < 1.29 is 76.2 Å². The van der Waals surface area contributed by atoms with Crippen molar-refractivity contribution in [2.75, 3.05) is 150 Å². The van der Waals surface area contributed by atoms with Gasteiger partial charge in [0.25, 0.3) is 0 Å². The molecule has 26 nitrogen and oxygen atoms in total. The lowest BCUT2D eigenvalue weighted by molar-refractivity contribution is -0.133. The highest BCUT2D eigenvalue weighted by Crippen LogP contribution is 2.13. The molecule has 0 radical (unpaired) electrons. The number of hydrazone groups is 1. The van der Waals surface area contributed by atoms with Crippen LogP contribution in [-0.4, -0.2) is 199 Å². The minimum Gasteiger partial charge on any atom is -0.445 e. The lowest BCUT2D eigenvalue weighted by Gasteiger charge is -2.24. The normalized spacial score (nSPS) is 12.2. The number of rotatable bonds is 48. The van der Waals surface area contributed by atoms with E-state index in [4.69, 9.17) is 64.4 Å². The molecule has 0 aromatic heterocycles. The SMILES string of the molecule is CCCOCCOCCOCCOCCOCCOCCOCCOCCOCCNN=C(C=N)CNC(=O)OCc1ccc(NC(=O)[C@H](CCCNC(N)=O)NC(=O)[C@H](CC(C)C)NC(=O)CON)cc1. The Bertz CT molecular complexity index is 1620. The molecule has 0 spiro atoms. The van der Waals surface area contributed by atoms with Crippen molar-refractivity contribution in [3.63, 3.8) is 0 Å². The van der Waals surface area contributed by atoms with E-state index in [-0.39, 0.29) is 44.2 Å². The van der Waals surface area contributed by atoms with E-state index in [0.29, 0.717) is 137 Å². The number of amides is 6. The molecule has 412 valence electrons. The van der Waals surface area contributed by atoms with Gasteiger partial charge < -0.3 is 90.5 Å². The van der Waals surface area contributed by atoms with Crippen LogP contribution in [0.4, 0.5) is 15.3 Å². The van der Waals surface area contributed by atoms with E-state index in [1.807, 2.05) is 13.8 Å². The fourth-order valence-corrected chi connectivity index (χ4v) is 5.75. The number of nitrogens with two attached hydrogens (primary N) is 2. The molecule has 0 aliphatic heterocycles. The number of anilines is 1. The number of urea groups is 1. The van der Waals surface area contributed by atoms with Gasteiger partial charge in [-0.3, -0.25) is 19.2 Å². The molecule has 0 saturated heterocycles. The van der Waals surface area contributed by atoms with Crippen molar-refractivity contribution in [3.05, 3.63) is 29.8 Å². The maximum Gasteiger partial charge on any atom is 0.407 e. The summed E-state index contributed by atoms with van der Waals surface area (Å²) in [6.07, 6.45) is 1.98. The summed E-state index contributed by atoms with van der Waals surface area (Å²) < 4.78 is 54.4. The summed E-state index contributed by atoms with van der Waals surface area (Å²) in [4.78, 5) is 66.6. The lowest BCUT2D eigenvalue weighted by atomic mass is 10.0. The molecule has 6 amide bonds. The van der Waals surface area contributed by atoms with Gasteiger partial charge in [0.15, 0.2) is 0 Å². The number of hydrogen-bond acceptors (Lipinski definition) is 20. The molecule has 1 aromatic carbocycles. The van der Waals surface area contributed by atoms with E-state index in [0.717, 1.165) is 19.2 Å². The van der Waals surface area contributed by atoms with Gasteiger partial charge in [-0.15, -0.1) is 0 Å². The summed E-state index contributed by atoms with van der Waals surface area (Å²) in [5, 5.41) is 24.7. The molecule has 0 aliphatic rings. The molecule has 0 saturated carbocycles. The van der Waals surface area contributed by atoms with Crippen LogP contribution >= 0.6 is 0 Å². The Balaban J connectivity index is 2.18. The molecule has 11 N–H and O–H groups in total. The Hall–Kier alpha value is -5.13. The predicted molar refractivity (Wildman–Crippen MR) is 265 cm³/mol. The highest BCUT2D eigenvalue weighted by atomic mass is 16.6. The Kier molecular flexibility index (Phi) is 41.2. The number of hydrogen-bond donors (Lipinski definition) is 9. The number of nitrogens with zero attached hydrogens (tertiary/aromatic N) is 1. The highest BCUT2D eigenvalue weighted by Gasteiger charge is 2.27. The number of carbonyl (C=O) groups is 5. The van der Waals surface area contributed by atoms with Gasteiger partial charge in [0.05, 0.1) is 131 Å². The zero-order valence-corrected chi connectivity index (χ0v) is 42.3. The molecule has 1 aromatic rings. The molecule has 1 rings (SSSR count). The minimum absolute atomic E-state index is 0.0227. The van der Waals surface area contributed by atoms with Gasteiger partial charge in [0.2, 0.25) is 17.7 Å². The summed E-state index contributed by atoms with van der Waals surface area (Å²) >= 11 is 0. The van der Waals surface area contributed by atoms with Gasteiger partial charge in [-0.1, -0.05) is 32.9 Å². The topological polar surface area (TPSA) is 347 Å². The number of nitrogens with one attached hydrogen (secondary N) is 7. The number of ether oxygens (including phenoxy) is 10. The average Bonchev–Trinajstić information content (AvgIpc) is 3.35. The maximum atomic E-state index is 13.4. The van der Waals surface area contributed by atoms with E-state index >= 15 is 0 Å². The van der Waals surface area contributed by atoms with Crippen molar-refractivity contribution in [2.45, 2.75) is 65.1 Å². The molecule has 0 fully saturated rings. The Morgan fingerprint density at radius 2 is 1.15 bits per heavy atom. The predicted octanol–water partition coefficient (Wildman–Crippen LogP) is 0.360. The summed E-state index contributed by atoms with van der Waals surface area (Å²) in [6.45, 7) is 14.4. The first-order valence-electron chi connectivity index (χ1n) is 24.2. The van der Waals surface area contributed by atoms with Crippen LogP contribution in [0.5, 0.6) is 0 Å². The van der Waals surface area contributed by atoms with Crippen LogP contribution in [0.3, 0.4) is 0 Å². The monoisotopic (exact) mass is 1030 g/mol. The fraction of sp³-hybridized carbons (Fsp3) is 0.717. The summed E-state index contributed by atoms with van der Waals surface area (Å²) in [5.41, 5.74) is 9.19. The first-order chi connectivity index (χ1) is 35.0. The maximum absolute atomic E-state index is 13.4. The second kappa shape index (κ2) is 45.7. The van der Waals surface area contributed by atoms with E-state index < -0.39 is 48.5 Å². The van der Waals surface area contributed by atoms with Crippen molar-refractivity contribution >= 4 is 47.5 Å². The largest absolute Gasteiger partial charge is 0.445 e. The van der Waals surface area contributed by atoms with Gasteiger partial charge in [-0.25, -0.2) is 15.5 Å². The van der Waals surface area contributed by atoms with Gasteiger partial charge in [0.1, 0.15) is 25.3 Å². The quantitative estimate of drug-likeness (QED) is 0.0242. The van der Waals surface area contributed by atoms with Crippen LogP contribution < -0.4 is 43.6 Å². The second-order valence-corrected chi connectivity index (χ2v) is 15.8. The van der Waals surface area contributed by atoms with Crippen molar-refractivity contribution in [3.8, 4) is 0 Å². The molecule has 26 heteroatoms. The van der Waals surface area contributed by atoms with E-state index in [1.54, 1.807) is 24.3 Å². The molecular formula is C46H82N10O16. The van der Waals surface area contributed by atoms with Crippen LogP contribution in [0.2, 0.25) is 0 Å². The van der Waals surface area contributed by atoms with Gasteiger partial charge in [0, 0.05) is 25.1 Å². The van der Waals surface area contributed by atoms with Crippen LogP contribution in [0.15, 0.2) is 29.4 Å². The number of carbonyl (C=O) groups excluding carboxylic acids is 5. The fourth-order valence-electron chi connectivity index (χ4n) is 5.75. The minimum atomic E-state index is -1.04. The third-order valence-electron chi connectivity index (χ3n) is 9.25. The van der Waals surface area contributed by atoms with Crippen LogP contribution in [-0.2, 0) is 73.2 Å². The second-order valence-electron chi connectivity index (χ2n) is 15.8. The molecule has 0 heterocycles. The van der Waals surface area contributed by atoms with Gasteiger partial charge in [-0.05, 0) is 49.3 Å². The Morgan fingerprint density at radius 3 is 1.61 bits per heavy atom. The van der Waals surface area contributed by atoms with Crippen molar-refractivity contribution in [2.24, 2.45) is 22.6 Å². The third-order valence-corrected chi connectivity index (χ3v) is 9.25. The van der Waals surface area contributed by atoms with Crippen molar-refractivity contribution in [1.29, 1.82) is 5.41 Å². The summed E-state index contributed by atoms with van der Waals surface area (Å²) in [5.74, 6) is 3.28. The number of benzene rings is 1. The molecule has 2 atom stereocenters. The summed E-state index contributed by atoms with van der Waals surface area (Å²) in [6, 6.07) is 3.74. The lowest BCUT2D eigenvalue weighted by Crippen LogP contribution is -2.53. The molecule has 0 bridgehead atoms. The first kappa shape index (κ1) is 64.9. The average molecular weight is 1030 g/mol. The van der Waals surface area contributed by atoms with Gasteiger partial charge >= 0.3 is 12.1 Å². The zero-order valence-electron chi connectivity index (χ0n) is 42.3. The molecule has 0 aliphatic carbocycles. The van der Waals surface area contributed by atoms with E-state index in [2.05, 4.69) is 48.9 Å². The Labute approximate surface area is 423 Å². The first-order valence-corrected chi connectivity index (χ1v) is 24.2. The number of alkyl carbamates (subject to hydrolysis) is 1. The van der Waals surface area contributed by atoms with Gasteiger partial charge in [-0.2, -0.15) is 5.10 Å².